The molecule has 0 aliphatic heterocycles. The normalized spacial score (nSPS) is 11.9. The molecule has 0 saturated carbocycles. The smallest absolute Gasteiger partial charge is 0.0798 e. The monoisotopic (exact) mass is 208 g/mol. The summed E-state index contributed by atoms with van der Waals surface area (Å²) in [4.78, 5) is 5.57. The Morgan fingerprint density at radius 2 is 2.43 bits per heavy atom. The molecule has 0 radical (unpaired) electrons. The van der Waals surface area contributed by atoms with Gasteiger partial charge >= 0.3 is 0 Å². The summed E-state index contributed by atoms with van der Waals surface area (Å²) in [6.45, 7) is 7.01. The van der Waals surface area contributed by atoms with E-state index in [1.165, 1.54) is 4.88 Å². The van der Waals surface area contributed by atoms with Gasteiger partial charge in [0, 0.05) is 11.3 Å². The van der Waals surface area contributed by atoms with Gasteiger partial charge in [-0.2, -0.15) is 0 Å². The average Bonchev–Trinajstić information content (AvgIpc) is 2.59. The van der Waals surface area contributed by atoms with E-state index in [9.17, 15) is 0 Å². The van der Waals surface area contributed by atoms with Gasteiger partial charge in [-0.15, -0.1) is 23.2 Å². The van der Waals surface area contributed by atoms with E-state index < -0.39 is 0 Å². The number of thiazole rings is 1. The van der Waals surface area contributed by atoms with Gasteiger partial charge in [-0.3, -0.25) is 0 Å². The third kappa shape index (κ3) is 2.83. The zero-order chi connectivity index (χ0) is 10.4. The average molecular weight is 208 g/mol. The van der Waals surface area contributed by atoms with Crippen LogP contribution in [0, 0.1) is 18.8 Å². The summed E-state index contributed by atoms with van der Waals surface area (Å²) in [6.07, 6.45) is 0.868. The van der Waals surface area contributed by atoms with Crippen LogP contribution >= 0.6 is 11.3 Å². The van der Waals surface area contributed by atoms with Gasteiger partial charge in [0.05, 0.1) is 17.2 Å². The van der Waals surface area contributed by atoms with Crippen molar-refractivity contribution >= 4 is 11.3 Å². The van der Waals surface area contributed by atoms with Crippen molar-refractivity contribution in [2.75, 3.05) is 6.54 Å². The maximum atomic E-state index is 4.26. The number of rotatable bonds is 4. The molecular formula is C11H16N2S. The first kappa shape index (κ1) is 11.2. The second-order valence-corrected chi connectivity index (χ2v) is 3.93. The Morgan fingerprint density at radius 1 is 1.64 bits per heavy atom. The Morgan fingerprint density at radius 3 is 2.93 bits per heavy atom. The van der Waals surface area contributed by atoms with Crippen LogP contribution in [0.15, 0.2) is 5.51 Å². The van der Waals surface area contributed by atoms with Gasteiger partial charge in [0.25, 0.3) is 0 Å². The Kier molecular flexibility index (Phi) is 4.64. The molecule has 0 aromatic carbocycles. The SMILES string of the molecule is CC#CCC(NCC)c1scnc1C. The quantitative estimate of drug-likeness (QED) is 0.769. The lowest BCUT2D eigenvalue weighted by Crippen LogP contribution is -2.20. The number of nitrogens with one attached hydrogen (secondary N) is 1. The van der Waals surface area contributed by atoms with Gasteiger partial charge in [0.2, 0.25) is 0 Å². The van der Waals surface area contributed by atoms with Crippen LogP contribution in [0.1, 0.15) is 36.9 Å². The molecule has 14 heavy (non-hydrogen) atoms. The maximum absolute atomic E-state index is 4.26. The Bertz CT molecular complexity index is 333. The van der Waals surface area contributed by atoms with Gasteiger partial charge in [0.15, 0.2) is 0 Å². The number of hydrogen-bond donors (Lipinski definition) is 1. The van der Waals surface area contributed by atoms with Crippen LogP contribution in [-0.2, 0) is 0 Å². The number of nitrogens with zero attached hydrogens (tertiary/aromatic N) is 1. The fourth-order valence-corrected chi connectivity index (χ4v) is 2.23. The summed E-state index contributed by atoms with van der Waals surface area (Å²) < 4.78 is 0. The molecule has 76 valence electrons. The predicted octanol–water partition coefficient (Wildman–Crippen LogP) is 2.52. The van der Waals surface area contributed by atoms with Crippen LogP contribution in [0.5, 0.6) is 0 Å². The van der Waals surface area contributed by atoms with Gasteiger partial charge in [-0.25, -0.2) is 4.98 Å². The Hall–Kier alpha value is -0.850. The van der Waals surface area contributed by atoms with Crippen molar-refractivity contribution in [3.05, 3.63) is 16.1 Å². The minimum Gasteiger partial charge on any atom is -0.309 e. The van der Waals surface area contributed by atoms with E-state index in [2.05, 4.69) is 36.0 Å². The Balaban J connectivity index is 2.75. The molecule has 1 N–H and O–H groups in total. The van der Waals surface area contributed by atoms with Gasteiger partial charge in [-0.05, 0) is 20.4 Å². The van der Waals surface area contributed by atoms with E-state index >= 15 is 0 Å². The highest BCUT2D eigenvalue weighted by Gasteiger charge is 2.13. The first-order valence-corrected chi connectivity index (χ1v) is 5.70. The van der Waals surface area contributed by atoms with Crippen LogP contribution in [0.4, 0.5) is 0 Å². The standard InChI is InChI=1S/C11H16N2S/c1-4-6-7-10(12-5-2)11-9(3)13-8-14-11/h8,10,12H,5,7H2,1-3H3. The zero-order valence-electron chi connectivity index (χ0n) is 8.92. The van der Waals surface area contributed by atoms with E-state index in [0.29, 0.717) is 6.04 Å². The van der Waals surface area contributed by atoms with Crippen LogP contribution < -0.4 is 5.32 Å². The van der Waals surface area contributed by atoms with Crippen molar-refractivity contribution < 1.29 is 0 Å². The predicted molar refractivity (Wildman–Crippen MR) is 61.3 cm³/mol. The van der Waals surface area contributed by atoms with Crippen molar-refractivity contribution in [2.24, 2.45) is 0 Å². The largest absolute Gasteiger partial charge is 0.309 e. The van der Waals surface area contributed by atoms with E-state index in [0.717, 1.165) is 18.7 Å². The third-order valence-electron chi connectivity index (χ3n) is 2.03. The van der Waals surface area contributed by atoms with Crippen LogP contribution in [0.3, 0.4) is 0 Å². The molecule has 3 heteroatoms. The van der Waals surface area contributed by atoms with Crippen molar-refractivity contribution in [1.29, 1.82) is 0 Å². The Labute approximate surface area is 89.8 Å². The molecule has 1 aromatic heterocycles. The first-order chi connectivity index (χ1) is 6.79. The van der Waals surface area contributed by atoms with Crippen LogP contribution in [-0.4, -0.2) is 11.5 Å². The second-order valence-electron chi connectivity index (χ2n) is 3.04. The molecule has 0 amide bonds. The van der Waals surface area contributed by atoms with Crippen LogP contribution in [0.2, 0.25) is 0 Å². The molecule has 1 rings (SSSR count). The van der Waals surface area contributed by atoms with Crippen molar-refractivity contribution in [2.45, 2.75) is 33.2 Å². The summed E-state index contributed by atoms with van der Waals surface area (Å²) in [7, 11) is 0. The molecule has 1 atom stereocenters. The summed E-state index contributed by atoms with van der Waals surface area (Å²) in [5.74, 6) is 6.05. The van der Waals surface area contributed by atoms with Gasteiger partial charge in [0.1, 0.15) is 0 Å². The fourth-order valence-electron chi connectivity index (χ4n) is 1.35. The van der Waals surface area contributed by atoms with E-state index in [-0.39, 0.29) is 0 Å². The molecule has 0 aliphatic rings. The minimum atomic E-state index is 0.347. The summed E-state index contributed by atoms with van der Waals surface area (Å²) in [5, 5.41) is 3.43. The van der Waals surface area contributed by atoms with E-state index in [1.807, 2.05) is 12.4 Å². The third-order valence-corrected chi connectivity index (χ3v) is 3.08. The highest BCUT2D eigenvalue weighted by Crippen LogP contribution is 2.23. The zero-order valence-corrected chi connectivity index (χ0v) is 9.74. The summed E-state index contributed by atoms with van der Waals surface area (Å²) >= 11 is 1.71. The summed E-state index contributed by atoms with van der Waals surface area (Å²) in [5.41, 5.74) is 3.02. The number of aryl methyl sites for hydroxylation is 1. The number of aromatic nitrogens is 1. The molecule has 0 fully saturated rings. The number of hydrogen-bond acceptors (Lipinski definition) is 3. The molecule has 1 unspecified atom stereocenters. The molecular weight excluding hydrogens is 192 g/mol. The topological polar surface area (TPSA) is 24.9 Å². The molecule has 2 nitrogen and oxygen atoms in total. The molecule has 0 aliphatic carbocycles. The summed E-state index contributed by atoms with van der Waals surface area (Å²) in [6, 6.07) is 0.347. The fraction of sp³-hybridized carbons (Fsp3) is 0.545. The van der Waals surface area contributed by atoms with Gasteiger partial charge < -0.3 is 5.32 Å². The lowest BCUT2D eigenvalue weighted by Gasteiger charge is -2.13. The van der Waals surface area contributed by atoms with Crippen molar-refractivity contribution in [3.63, 3.8) is 0 Å². The molecule has 1 aromatic rings. The highest BCUT2D eigenvalue weighted by atomic mass is 32.1. The minimum absolute atomic E-state index is 0.347. The lowest BCUT2D eigenvalue weighted by atomic mass is 10.1. The van der Waals surface area contributed by atoms with Crippen molar-refractivity contribution in [1.82, 2.24) is 10.3 Å². The van der Waals surface area contributed by atoms with Crippen LogP contribution in [0.25, 0.3) is 0 Å². The molecule has 0 spiro atoms. The molecule has 1 heterocycles. The van der Waals surface area contributed by atoms with Gasteiger partial charge in [-0.1, -0.05) is 6.92 Å². The van der Waals surface area contributed by atoms with E-state index in [1.54, 1.807) is 11.3 Å². The molecule has 0 saturated heterocycles. The first-order valence-electron chi connectivity index (χ1n) is 4.82. The lowest BCUT2D eigenvalue weighted by molar-refractivity contribution is 0.570. The maximum Gasteiger partial charge on any atom is 0.0798 e. The van der Waals surface area contributed by atoms with Crippen molar-refractivity contribution in [3.8, 4) is 11.8 Å². The highest BCUT2D eigenvalue weighted by molar-refractivity contribution is 7.09. The molecule has 0 bridgehead atoms. The van der Waals surface area contributed by atoms with E-state index in [4.69, 9.17) is 0 Å². The second kappa shape index (κ2) is 5.79.